The fourth-order valence-electron chi connectivity index (χ4n) is 2.76. The van der Waals surface area contributed by atoms with Crippen LogP contribution in [0.15, 0.2) is 18.3 Å². The standard InChI is InChI=1S/C15H24N2/c1-12-7-6-10-16-15(12)11-17-13(2)14-8-4-3-5-9-14/h6-7,10,13-14,17H,3-5,8-9,11H2,1-2H3/t13-/m1/s1. The van der Waals surface area contributed by atoms with Crippen LogP contribution in [0.1, 0.15) is 50.3 Å². The molecule has 0 spiro atoms. The fourth-order valence-corrected chi connectivity index (χ4v) is 2.76. The molecule has 1 fully saturated rings. The van der Waals surface area contributed by atoms with Crippen molar-refractivity contribution in [1.82, 2.24) is 10.3 Å². The Morgan fingerprint density at radius 3 is 2.82 bits per heavy atom. The van der Waals surface area contributed by atoms with Gasteiger partial charge in [0.1, 0.15) is 0 Å². The minimum atomic E-state index is 0.622. The Morgan fingerprint density at radius 2 is 2.12 bits per heavy atom. The predicted molar refractivity (Wildman–Crippen MR) is 71.9 cm³/mol. The van der Waals surface area contributed by atoms with E-state index in [1.807, 2.05) is 12.3 Å². The first-order chi connectivity index (χ1) is 8.27. The SMILES string of the molecule is Cc1cccnc1CN[C@H](C)C1CCCCC1. The van der Waals surface area contributed by atoms with Crippen LogP contribution in [0, 0.1) is 12.8 Å². The summed E-state index contributed by atoms with van der Waals surface area (Å²) in [5.74, 6) is 0.868. The molecule has 1 N–H and O–H groups in total. The number of nitrogens with zero attached hydrogens (tertiary/aromatic N) is 1. The van der Waals surface area contributed by atoms with E-state index in [0.29, 0.717) is 6.04 Å². The normalized spacial score (nSPS) is 19.2. The van der Waals surface area contributed by atoms with Crippen molar-refractivity contribution in [2.24, 2.45) is 5.92 Å². The van der Waals surface area contributed by atoms with Gasteiger partial charge in [-0.3, -0.25) is 4.98 Å². The molecule has 0 unspecified atom stereocenters. The summed E-state index contributed by atoms with van der Waals surface area (Å²) in [6, 6.07) is 4.76. The Balaban J connectivity index is 1.83. The lowest BCUT2D eigenvalue weighted by atomic mass is 9.84. The second-order valence-corrected chi connectivity index (χ2v) is 5.33. The van der Waals surface area contributed by atoms with Crippen LogP contribution < -0.4 is 5.32 Å². The second kappa shape index (κ2) is 6.15. The van der Waals surface area contributed by atoms with E-state index < -0.39 is 0 Å². The van der Waals surface area contributed by atoms with Crippen LogP contribution in [0.5, 0.6) is 0 Å². The van der Waals surface area contributed by atoms with Crippen LogP contribution in [0.2, 0.25) is 0 Å². The van der Waals surface area contributed by atoms with E-state index in [2.05, 4.69) is 30.2 Å². The van der Waals surface area contributed by atoms with Crippen molar-refractivity contribution in [3.63, 3.8) is 0 Å². The van der Waals surface area contributed by atoms with Crippen molar-refractivity contribution in [2.45, 2.75) is 58.5 Å². The molecule has 94 valence electrons. The summed E-state index contributed by atoms with van der Waals surface area (Å²) in [6.45, 7) is 5.37. The first-order valence-corrected chi connectivity index (χ1v) is 6.91. The molecular weight excluding hydrogens is 208 g/mol. The molecule has 1 aromatic rings. The highest BCUT2D eigenvalue weighted by molar-refractivity contribution is 5.17. The molecule has 0 aliphatic heterocycles. The number of rotatable bonds is 4. The molecule has 1 atom stereocenters. The number of hydrogen-bond donors (Lipinski definition) is 1. The highest BCUT2D eigenvalue weighted by Gasteiger charge is 2.19. The molecule has 1 aliphatic rings. The summed E-state index contributed by atoms with van der Waals surface area (Å²) in [7, 11) is 0. The van der Waals surface area contributed by atoms with Gasteiger partial charge in [0.15, 0.2) is 0 Å². The zero-order chi connectivity index (χ0) is 12.1. The zero-order valence-electron chi connectivity index (χ0n) is 11.1. The zero-order valence-corrected chi connectivity index (χ0v) is 11.1. The quantitative estimate of drug-likeness (QED) is 0.860. The third kappa shape index (κ3) is 3.53. The number of hydrogen-bond acceptors (Lipinski definition) is 2. The van der Waals surface area contributed by atoms with Crippen molar-refractivity contribution in [2.75, 3.05) is 0 Å². The van der Waals surface area contributed by atoms with E-state index >= 15 is 0 Å². The van der Waals surface area contributed by atoms with Gasteiger partial charge in [-0.1, -0.05) is 25.3 Å². The largest absolute Gasteiger partial charge is 0.308 e. The molecule has 1 saturated carbocycles. The lowest BCUT2D eigenvalue weighted by molar-refractivity contribution is 0.280. The molecule has 0 amide bonds. The Labute approximate surface area is 105 Å². The first-order valence-electron chi connectivity index (χ1n) is 6.91. The Kier molecular flexibility index (Phi) is 4.55. The number of nitrogens with one attached hydrogen (secondary N) is 1. The number of aryl methyl sites for hydroxylation is 1. The minimum Gasteiger partial charge on any atom is -0.308 e. The fraction of sp³-hybridized carbons (Fsp3) is 0.667. The number of aromatic nitrogens is 1. The van der Waals surface area contributed by atoms with Crippen molar-refractivity contribution in [3.8, 4) is 0 Å². The van der Waals surface area contributed by atoms with Crippen LogP contribution in [0.25, 0.3) is 0 Å². The van der Waals surface area contributed by atoms with Gasteiger partial charge in [0.2, 0.25) is 0 Å². The summed E-state index contributed by atoms with van der Waals surface area (Å²) in [4.78, 5) is 4.43. The van der Waals surface area contributed by atoms with E-state index in [9.17, 15) is 0 Å². The summed E-state index contributed by atoms with van der Waals surface area (Å²) in [5, 5.41) is 3.65. The predicted octanol–water partition coefficient (Wildman–Crippen LogP) is 3.45. The molecule has 0 aromatic carbocycles. The third-order valence-corrected chi connectivity index (χ3v) is 4.07. The monoisotopic (exact) mass is 232 g/mol. The van der Waals surface area contributed by atoms with Gasteiger partial charge in [0.05, 0.1) is 5.69 Å². The van der Waals surface area contributed by atoms with Crippen molar-refractivity contribution in [1.29, 1.82) is 0 Å². The lowest BCUT2D eigenvalue weighted by Crippen LogP contribution is -2.34. The van der Waals surface area contributed by atoms with E-state index in [-0.39, 0.29) is 0 Å². The van der Waals surface area contributed by atoms with Gasteiger partial charge in [-0.25, -0.2) is 0 Å². The van der Waals surface area contributed by atoms with Crippen LogP contribution in [0.3, 0.4) is 0 Å². The summed E-state index contributed by atoms with van der Waals surface area (Å²) in [5.41, 5.74) is 2.48. The van der Waals surface area contributed by atoms with Gasteiger partial charge in [-0.05, 0) is 44.2 Å². The van der Waals surface area contributed by atoms with Gasteiger partial charge in [0.25, 0.3) is 0 Å². The molecule has 2 heteroatoms. The summed E-state index contributed by atoms with van der Waals surface area (Å²) >= 11 is 0. The maximum absolute atomic E-state index is 4.43. The minimum absolute atomic E-state index is 0.622. The Bertz CT molecular complexity index is 343. The van der Waals surface area contributed by atoms with Crippen molar-refractivity contribution in [3.05, 3.63) is 29.6 Å². The molecule has 17 heavy (non-hydrogen) atoms. The lowest BCUT2D eigenvalue weighted by Gasteiger charge is -2.28. The van der Waals surface area contributed by atoms with Gasteiger partial charge < -0.3 is 5.32 Å². The highest BCUT2D eigenvalue weighted by Crippen LogP contribution is 2.26. The van der Waals surface area contributed by atoms with Gasteiger partial charge in [-0.2, -0.15) is 0 Å². The smallest absolute Gasteiger partial charge is 0.0570 e. The van der Waals surface area contributed by atoms with Gasteiger partial charge >= 0.3 is 0 Å². The Morgan fingerprint density at radius 1 is 1.35 bits per heavy atom. The molecule has 0 saturated heterocycles. The van der Waals surface area contributed by atoms with E-state index in [0.717, 1.165) is 12.5 Å². The van der Waals surface area contributed by atoms with Gasteiger partial charge in [0, 0.05) is 18.8 Å². The first kappa shape index (κ1) is 12.6. The second-order valence-electron chi connectivity index (χ2n) is 5.33. The van der Waals surface area contributed by atoms with E-state index in [1.54, 1.807) is 0 Å². The average molecular weight is 232 g/mol. The summed E-state index contributed by atoms with van der Waals surface area (Å²) in [6.07, 6.45) is 8.95. The van der Waals surface area contributed by atoms with Crippen LogP contribution in [-0.2, 0) is 6.54 Å². The topological polar surface area (TPSA) is 24.9 Å². The molecule has 0 radical (unpaired) electrons. The Hall–Kier alpha value is -0.890. The molecule has 1 heterocycles. The molecular formula is C15H24N2. The van der Waals surface area contributed by atoms with Crippen molar-refractivity contribution < 1.29 is 0 Å². The van der Waals surface area contributed by atoms with E-state index in [1.165, 1.54) is 43.4 Å². The maximum atomic E-state index is 4.43. The third-order valence-electron chi connectivity index (χ3n) is 4.07. The van der Waals surface area contributed by atoms with Crippen LogP contribution in [-0.4, -0.2) is 11.0 Å². The maximum Gasteiger partial charge on any atom is 0.0570 e. The molecule has 1 aliphatic carbocycles. The summed E-state index contributed by atoms with van der Waals surface area (Å²) < 4.78 is 0. The van der Waals surface area contributed by atoms with Crippen LogP contribution >= 0.6 is 0 Å². The molecule has 1 aromatic heterocycles. The molecule has 2 rings (SSSR count). The highest BCUT2D eigenvalue weighted by atomic mass is 14.9. The number of pyridine rings is 1. The average Bonchev–Trinajstić information content (AvgIpc) is 2.38. The molecule has 0 bridgehead atoms. The van der Waals surface area contributed by atoms with Gasteiger partial charge in [-0.15, -0.1) is 0 Å². The van der Waals surface area contributed by atoms with E-state index in [4.69, 9.17) is 0 Å². The van der Waals surface area contributed by atoms with Crippen LogP contribution in [0.4, 0.5) is 0 Å². The van der Waals surface area contributed by atoms with Crippen molar-refractivity contribution >= 4 is 0 Å². The molecule has 2 nitrogen and oxygen atoms in total.